The number of rotatable bonds is 19. The number of carbonyl (C=O) groups excluding carboxylic acids is 8. The minimum atomic E-state index is -2.00. The minimum absolute atomic E-state index is 0.0694. The second-order valence-corrected chi connectivity index (χ2v) is 17.0. The number of carboxylic acids is 3. The Morgan fingerprint density at radius 3 is 1.21 bits per heavy atom. The Morgan fingerprint density at radius 1 is 0.485 bits per heavy atom. The quantitative estimate of drug-likeness (QED) is 0.0638. The lowest BCUT2D eigenvalue weighted by atomic mass is 9.95. The molecule has 1 aliphatic heterocycles. The van der Waals surface area contributed by atoms with Crippen LogP contribution in [0.25, 0.3) is 0 Å². The zero-order chi connectivity index (χ0) is 51.1. The van der Waals surface area contributed by atoms with Gasteiger partial charge in [0, 0.05) is 6.42 Å². The molecule has 0 aliphatic carbocycles. The van der Waals surface area contributed by atoms with Crippen molar-refractivity contribution in [2.45, 2.75) is 147 Å². The smallest absolute Gasteiger partial charge is 0.305 e. The summed E-state index contributed by atoms with van der Waals surface area (Å²) >= 11 is 0. The molecule has 2 rings (SSSR count). The van der Waals surface area contributed by atoms with E-state index in [4.69, 9.17) is 11.5 Å². The third kappa shape index (κ3) is 19.6. The lowest BCUT2D eigenvalue weighted by Crippen LogP contribution is -2.63. The number of carbonyl (C=O) groups is 11. The van der Waals surface area contributed by atoms with Gasteiger partial charge in [0.2, 0.25) is 47.3 Å². The Bertz CT molecular complexity index is 1940. The molecule has 15 N–H and O–H groups in total. The molecule has 378 valence electrons. The van der Waals surface area contributed by atoms with Gasteiger partial charge in [-0.3, -0.25) is 52.7 Å². The average molecular weight is 961 g/mol. The molecule has 1 aliphatic rings. The first kappa shape index (κ1) is 57.4. The van der Waals surface area contributed by atoms with E-state index in [1.54, 1.807) is 58.0 Å². The van der Waals surface area contributed by atoms with Crippen LogP contribution in [0.2, 0.25) is 0 Å². The first-order valence-corrected chi connectivity index (χ1v) is 22.6. The fraction of sp³-hybridized carbons (Fsp3) is 0.614. The van der Waals surface area contributed by atoms with E-state index in [-0.39, 0.29) is 51.6 Å². The summed E-state index contributed by atoms with van der Waals surface area (Å²) in [5.74, 6) is -14.6. The molecule has 1 aromatic carbocycles. The van der Waals surface area contributed by atoms with Crippen molar-refractivity contribution >= 4 is 65.2 Å². The van der Waals surface area contributed by atoms with Crippen molar-refractivity contribution in [1.82, 2.24) is 42.5 Å². The summed E-state index contributed by atoms with van der Waals surface area (Å²) < 4.78 is 0. The Hall–Kier alpha value is -6.69. The number of benzene rings is 1. The summed E-state index contributed by atoms with van der Waals surface area (Å²) in [5, 5.41) is 48.6. The van der Waals surface area contributed by atoms with Gasteiger partial charge in [0.25, 0.3) is 0 Å². The topological polar surface area (TPSA) is 397 Å². The highest BCUT2D eigenvalue weighted by molar-refractivity contribution is 6.00. The summed E-state index contributed by atoms with van der Waals surface area (Å²) in [6.07, 6.45) is -2.22. The van der Waals surface area contributed by atoms with Crippen LogP contribution in [0.1, 0.15) is 97.5 Å². The van der Waals surface area contributed by atoms with Gasteiger partial charge in [0.15, 0.2) is 0 Å². The molecular weight excluding hydrogens is 893 g/mol. The number of nitrogens with two attached hydrogens (primary N) is 2. The van der Waals surface area contributed by atoms with Gasteiger partial charge in [0.05, 0.1) is 19.3 Å². The second-order valence-electron chi connectivity index (χ2n) is 17.0. The fourth-order valence-corrected chi connectivity index (χ4v) is 7.09. The van der Waals surface area contributed by atoms with E-state index < -0.39 is 145 Å². The molecule has 0 radical (unpaired) electrons. The standard InChI is InChI=1S/C44H68N10O14/c1-5-24(4)36-44(68)52-31(22-34(59)60)41(65)51-30(21-33(57)58)40(64)48-27(16-10-12-18-46)38(62)50-29(20-32(55)56)39(63)47-26(15-9-11-17-45)37(61)49-28(19-25-13-7-6-8-14-25)42(66)53-35(23(2)3)43(67)54-36/h6-8,13-14,23-24,26-31,35-36H,5,9-12,15-22,45-46H2,1-4H3,(H,47,63)(H,48,64)(H,49,61)(H,50,62)(H,51,65)(H,52,68)(H,53,66)(H,54,67)(H,55,56)(H,57,58)(H,59,60)/t24-,26-,27-,28-,29-,30-,31-,35-,36-/m0/s1. The van der Waals surface area contributed by atoms with Crippen LogP contribution in [0.3, 0.4) is 0 Å². The van der Waals surface area contributed by atoms with Gasteiger partial charge in [-0.2, -0.15) is 0 Å². The number of aliphatic carboxylic acids is 3. The maximum atomic E-state index is 14.3. The van der Waals surface area contributed by atoms with Gasteiger partial charge in [-0.15, -0.1) is 0 Å². The number of nitrogens with one attached hydrogen (secondary N) is 8. The summed E-state index contributed by atoms with van der Waals surface area (Å²) in [6, 6.07) is -4.63. The summed E-state index contributed by atoms with van der Waals surface area (Å²) in [6.45, 7) is 6.80. The second kappa shape index (κ2) is 29.2. The molecule has 1 aromatic rings. The lowest BCUT2D eigenvalue weighted by molar-refractivity contribution is -0.144. The zero-order valence-electron chi connectivity index (χ0n) is 38.8. The molecule has 0 spiro atoms. The first-order chi connectivity index (χ1) is 32.1. The van der Waals surface area contributed by atoms with Crippen LogP contribution in [-0.2, 0) is 59.2 Å². The number of carboxylic acid groups (broad SMARTS) is 3. The molecule has 1 saturated heterocycles. The van der Waals surface area contributed by atoms with Crippen molar-refractivity contribution in [3.63, 3.8) is 0 Å². The number of amides is 8. The Balaban J connectivity index is 2.86. The van der Waals surface area contributed by atoms with Crippen molar-refractivity contribution in [1.29, 1.82) is 0 Å². The summed E-state index contributed by atoms with van der Waals surface area (Å²) in [7, 11) is 0. The van der Waals surface area contributed by atoms with Crippen LogP contribution in [0.5, 0.6) is 0 Å². The van der Waals surface area contributed by atoms with Crippen LogP contribution >= 0.6 is 0 Å². The monoisotopic (exact) mass is 960 g/mol. The Labute approximate surface area is 394 Å². The fourth-order valence-electron chi connectivity index (χ4n) is 7.09. The van der Waals surface area contributed by atoms with E-state index >= 15 is 0 Å². The highest BCUT2D eigenvalue weighted by atomic mass is 16.4. The highest BCUT2D eigenvalue weighted by Crippen LogP contribution is 2.14. The molecule has 8 amide bonds. The third-order valence-electron chi connectivity index (χ3n) is 11.2. The van der Waals surface area contributed by atoms with E-state index in [1.807, 2.05) is 0 Å². The summed E-state index contributed by atoms with van der Waals surface area (Å²) in [4.78, 5) is 148. The highest BCUT2D eigenvalue weighted by Gasteiger charge is 2.38. The van der Waals surface area contributed by atoms with Crippen LogP contribution in [0.4, 0.5) is 0 Å². The van der Waals surface area contributed by atoms with Crippen LogP contribution < -0.4 is 54.0 Å². The van der Waals surface area contributed by atoms with Crippen molar-refractivity contribution in [3.05, 3.63) is 35.9 Å². The van der Waals surface area contributed by atoms with Gasteiger partial charge < -0.3 is 69.3 Å². The van der Waals surface area contributed by atoms with Crippen molar-refractivity contribution in [3.8, 4) is 0 Å². The van der Waals surface area contributed by atoms with E-state index in [2.05, 4.69) is 42.5 Å². The molecular formula is C44H68N10O14. The SMILES string of the molecule is CC[C@H](C)[C@@H]1NC(=O)[C@H](C(C)C)NC(=O)[C@H](Cc2ccccc2)NC(=O)[C@H](CCCCN)NC(=O)[C@H](CC(=O)O)NC(=O)[C@H](CCCCN)NC(=O)[C@H](CC(=O)O)NC(=O)[C@H](CC(=O)O)NC1=O. The maximum Gasteiger partial charge on any atom is 0.305 e. The normalized spacial score (nSPS) is 24.6. The van der Waals surface area contributed by atoms with E-state index in [1.165, 1.54) is 0 Å². The zero-order valence-corrected chi connectivity index (χ0v) is 38.8. The van der Waals surface area contributed by atoms with Crippen LogP contribution in [0, 0.1) is 11.8 Å². The molecule has 24 nitrogen and oxygen atoms in total. The molecule has 1 fully saturated rings. The van der Waals surface area contributed by atoms with Crippen LogP contribution in [-0.4, -0.2) is 142 Å². The molecule has 0 bridgehead atoms. The molecule has 9 atom stereocenters. The van der Waals surface area contributed by atoms with Crippen molar-refractivity contribution in [2.24, 2.45) is 23.3 Å². The van der Waals surface area contributed by atoms with Gasteiger partial charge in [-0.25, -0.2) is 0 Å². The number of hydrogen-bond donors (Lipinski definition) is 13. The lowest BCUT2D eigenvalue weighted by Gasteiger charge is -2.31. The van der Waals surface area contributed by atoms with E-state index in [0.717, 1.165) is 0 Å². The van der Waals surface area contributed by atoms with Gasteiger partial charge in [-0.05, 0) is 69.0 Å². The molecule has 1 heterocycles. The van der Waals surface area contributed by atoms with Gasteiger partial charge in [-0.1, -0.05) is 64.4 Å². The molecule has 68 heavy (non-hydrogen) atoms. The van der Waals surface area contributed by atoms with Crippen molar-refractivity contribution in [2.75, 3.05) is 13.1 Å². The predicted octanol–water partition coefficient (Wildman–Crippen LogP) is -2.49. The predicted molar refractivity (Wildman–Crippen MR) is 242 cm³/mol. The molecule has 0 unspecified atom stereocenters. The van der Waals surface area contributed by atoms with E-state index in [9.17, 15) is 68.1 Å². The molecule has 0 aromatic heterocycles. The third-order valence-corrected chi connectivity index (χ3v) is 11.2. The van der Waals surface area contributed by atoms with Gasteiger partial charge >= 0.3 is 17.9 Å². The Kier molecular flexibility index (Phi) is 24.6. The minimum Gasteiger partial charge on any atom is -0.481 e. The summed E-state index contributed by atoms with van der Waals surface area (Å²) in [5.41, 5.74) is 11.9. The van der Waals surface area contributed by atoms with Gasteiger partial charge in [0.1, 0.15) is 48.3 Å². The maximum absolute atomic E-state index is 14.3. The first-order valence-electron chi connectivity index (χ1n) is 22.6. The molecule has 24 heteroatoms. The van der Waals surface area contributed by atoms with Crippen molar-refractivity contribution < 1.29 is 68.1 Å². The molecule has 0 saturated carbocycles. The number of unbranched alkanes of at least 4 members (excludes halogenated alkanes) is 2. The Morgan fingerprint density at radius 2 is 0.824 bits per heavy atom. The largest absolute Gasteiger partial charge is 0.481 e. The number of hydrogen-bond acceptors (Lipinski definition) is 13. The van der Waals surface area contributed by atoms with Crippen LogP contribution in [0.15, 0.2) is 30.3 Å². The van der Waals surface area contributed by atoms with E-state index in [0.29, 0.717) is 18.4 Å². The average Bonchev–Trinajstić information content (AvgIpc) is 3.27.